The summed E-state index contributed by atoms with van der Waals surface area (Å²) in [4.78, 5) is 33.3. The molecule has 0 saturated carbocycles. The van der Waals surface area contributed by atoms with Crippen LogP contribution in [-0.2, 0) is 0 Å². The normalized spacial score (nSPS) is 11.0. The molecule has 0 fully saturated rings. The number of nitrogens with zero attached hydrogens (tertiary/aromatic N) is 3. The lowest BCUT2D eigenvalue weighted by atomic mass is 9.97. The fourth-order valence-corrected chi connectivity index (χ4v) is 4.76. The van der Waals surface area contributed by atoms with Crippen LogP contribution in [0.2, 0.25) is 0 Å². The van der Waals surface area contributed by atoms with Gasteiger partial charge >= 0.3 is 0 Å². The van der Waals surface area contributed by atoms with Gasteiger partial charge in [-0.3, -0.25) is 20.2 Å². The summed E-state index contributed by atoms with van der Waals surface area (Å²) in [6.07, 6.45) is 0. The number of nitrogens with one attached hydrogen (secondary N) is 1. The zero-order chi connectivity index (χ0) is 23.8. The zero-order valence-electron chi connectivity index (χ0n) is 18.2. The van der Waals surface area contributed by atoms with Crippen molar-refractivity contribution < 1.29 is 14.5 Å². The summed E-state index contributed by atoms with van der Waals surface area (Å²) in [6.45, 7) is 1.87. The zero-order valence-corrected chi connectivity index (χ0v) is 19.1. The maximum Gasteiger partial charge on any atom is 0.270 e. The van der Waals surface area contributed by atoms with Crippen LogP contribution >= 0.6 is 11.3 Å². The molecule has 0 aliphatic heterocycles. The number of benzene rings is 3. The second kappa shape index (κ2) is 8.53. The number of carbonyl (C=O) groups excluding carboxylic acids is 1. The van der Waals surface area contributed by atoms with Crippen LogP contribution < -0.4 is 10.1 Å². The summed E-state index contributed by atoms with van der Waals surface area (Å²) in [7, 11) is 1.61. The van der Waals surface area contributed by atoms with Crippen LogP contribution in [-0.4, -0.2) is 27.9 Å². The Labute approximate surface area is 198 Å². The van der Waals surface area contributed by atoms with Crippen LogP contribution in [0.1, 0.15) is 15.9 Å². The van der Waals surface area contributed by atoms with E-state index in [-0.39, 0.29) is 11.6 Å². The van der Waals surface area contributed by atoms with E-state index in [0.29, 0.717) is 32.1 Å². The van der Waals surface area contributed by atoms with E-state index in [0.717, 1.165) is 22.3 Å². The number of ether oxygens (including phenoxy) is 1. The quantitative estimate of drug-likeness (QED) is 0.250. The number of nitro benzene ring substituents is 1. The standard InChI is InChI=1S/C25H18N4O4S/c1-14-22(24(30)28-25-27-20-12-9-16(29(31)32)13-21(20)34-25)18-5-3-4-6-19(18)26-23(14)15-7-10-17(33-2)11-8-15/h3-13H,1-2H3,(H,27,28,30). The van der Waals surface area contributed by atoms with E-state index in [1.807, 2.05) is 55.5 Å². The molecule has 0 aliphatic rings. The largest absolute Gasteiger partial charge is 0.497 e. The van der Waals surface area contributed by atoms with Crippen LogP contribution in [0.4, 0.5) is 10.8 Å². The molecule has 0 atom stereocenters. The molecule has 0 radical (unpaired) electrons. The van der Waals surface area contributed by atoms with Gasteiger partial charge in [-0.25, -0.2) is 9.97 Å². The number of aromatic nitrogens is 2. The Bertz CT molecular complexity index is 1580. The summed E-state index contributed by atoms with van der Waals surface area (Å²) in [5, 5.41) is 15.0. The first kappa shape index (κ1) is 21.5. The van der Waals surface area contributed by atoms with Crippen molar-refractivity contribution in [1.82, 2.24) is 9.97 Å². The number of methoxy groups -OCH3 is 1. The maximum absolute atomic E-state index is 13.5. The number of amides is 1. The third-order valence-electron chi connectivity index (χ3n) is 5.53. The minimum absolute atomic E-state index is 0.0193. The van der Waals surface area contributed by atoms with E-state index in [2.05, 4.69) is 10.3 Å². The predicted octanol–water partition coefficient (Wildman–Crippen LogP) is 5.99. The molecule has 1 amide bonds. The summed E-state index contributed by atoms with van der Waals surface area (Å²) < 4.78 is 5.88. The molecular weight excluding hydrogens is 452 g/mol. The number of thiazole rings is 1. The number of fused-ring (bicyclic) bond motifs is 2. The highest BCUT2D eigenvalue weighted by Crippen LogP contribution is 2.33. The molecule has 168 valence electrons. The van der Waals surface area contributed by atoms with E-state index in [9.17, 15) is 14.9 Å². The minimum atomic E-state index is -0.454. The second-order valence-corrected chi connectivity index (χ2v) is 8.62. The smallest absolute Gasteiger partial charge is 0.270 e. The van der Waals surface area contributed by atoms with E-state index in [1.54, 1.807) is 13.2 Å². The number of anilines is 1. The van der Waals surface area contributed by atoms with Crippen molar-refractivity contribution in [3.63, 3.8) is 0 Å². The SMILES string of the molecule is COc1ccc(-c2nc3ccccc3c(C(=O)Nc3nc4ccc([N+](=O)[O-])cc4s3)c2C)cc1. The molecule has 0 unspecified atom stereocenters. The number of para-hydroxylation sites is 1. The van der Waals surface area contributed by atoms with Crippen molar-refractivity contribution in [3.8, 4) is 17.0 Å². The summed E-state index contributed by atoms with van der Waals surface area (Å²) >= 11 is 1.19. The Hall–Kier alpha value is -4.37. The highest BCUT2D eigenvalue weighted by atomic mass is 32.1. The van der Waals surface area contributed by atoms with Gasteiger partial charge in [-0.1, -0.05) is 29.5 Å². The van der Waals surface area contributed by atoms with Crippen molar-refractivity contribution in [1.29, 1.82) is 0 Å². The molecule has 8 nitrogen and oxygen atoms in total. The topological polar surface area (TPSA) is 107 Å². The summed E-state index contributed by atoms with van der Waals surface area (Å²) in [6, 6.07) is 19.4. The lowest BCUT2D eigenvalue weighted by Crippen LogP contribution is -2.15. The molecule has 5 aromatic rings. The molecule has 0 aliphatic carbocycles. The first-order chi connectivity index (χ1) is 16.4. The van der Waals surface area contributed by atoms with Gasteiger partial charge in [0.1, 0.15) is 5.75 Å². The first-order valence-corrected chi connectivity index (χ1v) is 11.2. The van der Waals surface area contributed by atoms with Gasteiger partial charge in [0.05, 0.1) is 39.0 Å². The van der Waals surface area contributed by atoms with Gasteiger partial charge < -0.3 is 4.74 Å². The Morgan fingerprint density at radius 2 is 1.79 bits per heavy atom. The Morgan fingerprint density at radius 1 is 1.03 bits per heavy atom. The summed E-state index contributed by atoms with van der Waals surface area (Å²) in [5.41, 5.74) is 4.07. The van der Waals surface area contributed by atoms with Crippen LogP contribution in [0.5, 0.6) is 5.75 Å². The number of rotatable bonds is 5. The molecule has 0 bridgehead atoms. The molecule has 0 spiro atoms. The van der Waals surface area contributed by atoms with Gasteiger partial charge in [0.15, 0.2) is 5.13 Å². The molecule has 2 heterocycles. The average Bonchev–Trinajstić information content (AvgIpc) is 3.25. The van der Waals surface area contributed by atoms with Crippen molar-refractivity contribution in [2.45, 2.75) is 6.92 Å². The molecule has 0 saturated heterocycles. The van der Waals surface area contributed by atoms with Crippen LogP contribution in [0.15, 0.2) is 66.7 Å². The number of hydrogen-bond acceptors (Lipinski definition) is 7. The minimum Gasteiger partial charge on any atom is -0.497 e. The molecule has 3 aromatic carbocycles. The Kier molecular flexibility index (Phi) is 5.39. The van der Waals surface area contributed by atoms with E-state index in [1.165, 1.54) is 23.5 Å². The molecule has 2 aromatic heterocycles. The van der Waals surface area contributed by atoms with Crippen LogP contribution in [0, 0.1) is 17.0 Å². The molecule has 9 heteroatoms. The highest BCUT2D eigenvalue weighted by molar-refractivity contribution is 7.22. The fraction of sp³-hybridized carbons (Fsp3) is 0.0800. The number of hydrogen-bond donors (Lipinski definition) is 1. The lowest BCUT2D eigenvalue weighted by Gasteiger charge is -2.14. The van der Waals surface area contributed by atoms with Gasteiger partial charge in [0.25, 0.3) is 11.6 Å². The molecule has 1 N–H and O–H groups in total. The Balaban J connectivity index is 1.58. The fourth-order valence-electron chi connectivity index (χ4n) is 3.87. The van der Waals surface area contributed by atoms with Crippen molar-refractivity contribution >= 4 is 49.2 Å². The van der Waals surface area contributed by atoms with Gasteiger partial charge in [-0.05, 0) is 48.9 Å². The number of carbonyl (C=O) groups is 1. The van der Waals surface area contributed by atoms with Crippen LogP contribution in [0.25, 0.3) is 32.4 Å². The van der Waals surface area contributed by atoms with Crippen LogP contribution in [0.3, 0.4) is 0 Å². The monoisotopic (exact) mass is 470 g/mol. The van der Waals surface area contributed by atoms with E-state index in [4.69, 9.17) is 9.72 Å². The average molecular weight is 471 g/mol. The van der Waals surface area contributed by atoms with Gasteiger partial charge in [-0.2, -0.15) is 0 Å². The number of non-ortho nitro benzene ring substituents is 1. The molecule has 34 heavy (non-hydrogen) atoms. The number of pyridine rings is 1. The number of nitro groups is 1. The maximum atomic E-state index is 13.5. The second-order valence-electron chi connectivity index (χ2n) is 7.59. The third-order valence-corrected chi connectivity index (χ3v) is 6.46. The van der Waals surface area contributed by atoms with E-state index >= 15 is 0 Å². The molecular formula is C25H18N4O4S. The van der Waals surface area contributed by atoms with Crippen molar-refractivity contribution in [3.05, 3.63) is 88.0 Å². The lowest BCUT2D eigenvalue weighted by molar-refractivity contribution is -0.384. The molecule has 5 rings (SSSR count). The van der Waals surface area contributed by atoms with Gasteiger partial charge in [0, 0.05) is 23.1 Å². The van der Waals surface area contributed by atoms with Gasteiger partial charge in [-0.15, -0.1) is 0 Å². The van der Waals surface area contributed by atoms with Gasteiger partial charge in [0.2, 0.25) is 0 Å². The van der Waals surface area contributed by atoms with E-state index < -0.39 is 4.92 Å². The van der Waals surface area contributed by atoms with Crippen molar-refractivity contribution in [2.75, 3.05) is 12.4 Å². The Morgan fingerprint density at radius 3 is 2.53 bits per heavy atom. The van der Waals surface area contributed by atoms with Crippen molar-refractivity contribution in [2.24, 2.45) is 0 Å². The predicted molar refractivity (Wildman–Crippen MR) is 133 cm³/mol. The highest BCUT2D eigenvalue weighted by Gasteiger charge is 2.20. The first-order valence-electron chi connectivity index (χ1n) is 10.3. The third kappa shape index (κ3) is 3.82. The summed E-state index contributed by atoms with van der Waals surface area (Å²) in [5.74, 6) is 0.413.